The number of alkyl halides is 3. The summed E-state index contributed by atoms with van der Waals surface area (Å²) in [6.07, 6.45) is -3.14. The molecular weight excluding hydrogens is 459 g/mol. The van der Waals surface area contributed by atoms with Crippen molar-refractivity contribution in [2.75, 3.05) is 26.1 Å². The van der Waals surface area contributed by atoms with E-state index in [9.17, 15) is 18.0 Å². The fraction of sp³-hybridized carbons (Fsp3) is 0.435. The first kappa shape index (κ1) is 23.7. The van der Waals surface area contributed by atoms with E-state index in [1.165, 1.54) is 31.4 Å². The molecule has 0 aromatic heterocycles. The highest BCUT2D eigenvalue weighted by Gasteiger charge is 2.40. The molecule has 2 saturated heterocycles. The Kier molecular flexibility index (Phi) is 6.74. The lowest BCUT2D eigenvalue weighted by atomic mass is 9.89. The fourth-order valence-electron chi connectivity index (χ4n) is 4.60. The van der Waals surface area contributed by atoms with Crippen molar-refractivity contribution < 1.29 is 27.4 Å². The molecule has 0 spiro atoms. The van der Waals surface area contributed by atoms with Crippen molar-refractivity contribution in [3.05, 3.63) is 58.1 Å². The predicted molar refractivity (Wildman–Crippen MR) is 118 cm³/mol. The third-order valence-electron chi connectivity index (χ3n) is 6.19. The molecule has 2 aliphatic heterocycles. The second kappa shape index (κ2) is 9.40. The highest BCUT2D eigenvalue weighted by molar-refractivity contribution is 6.33. The van der Waals surface area contributed by atoms with Crippen molar-refractivity contribution in [3.8, 4) is 5.75 Å². The van der Waals surface area contributed by atoms with Gasteiger partial charge in [0.1, 0.15) is 5.75 Å². The van der Waals surface area contributed by atoms with E-state index in [0.29, 0.717) is 55.2 Å². The minimum absolute atomic E-state index is 0.0192. The van der Waals surface area contributed by atoms with Crippen molar-refractivity contribution >= 4 is 23.2 Å². The molecule has 3 N–H and O–H groups in total. The Hall–Kier alpha value is -2.49. The Balaban J connectivity index is 1.46. The van der Waals surface area contributed by atoms with E-state index < -0.39 is 11.7 Å². The molecule has 2 aliphatic rings. The largest absolute Gasteiger partial charge is 0.496 e. The van der Waals surface area contributed by atoms with E-state index in [0.717, 1.165) is 6.07 Å². The van der Waals surface area contributed by atoms with Crippen LogP contribution in [0.3, 0.4) is 0 Å². The number of halogens is 4. The number of carbonyl (C=O) groups is 1. The van der Waals surface area contributed by atoms with Crippen LogP contribution in [0, 0.1) is 0 Å². The number of nitrogens with zero attached hydrogens (tertiary/aromatic N) is 1. The summed E-state index contributed by atoms with van der Waals surface area (Å²) in [6.45, 7) is 1.31. The van der Waals surface area contributed by atoms with Gasteiger partial charge in [-0.3, -0.25) is 9.69 Å². The number of methoxy groups -OCH3 is 1. The van der Waals surface area contributed by atoms with Crippen LogP contribution in [0.25, 0.3) is 0 Å². The molecule has 2 unspecified atom stereocenters. The van der Waals surface area contributed by atoms with Gasteiger partial charge in [-0.05, 0) is 30.5 Å². The zero-order valence-electron chi connectivity index (χ0n) is 18.0. The maximum absolute atomic E-state index is 13.1. The Morgan fingerprint density at radius 2 is 1.94 bits per heavy atom. The van der Waals surface area contributed by atoms with Gasteiger partial charge >= 0.3 is 6.18 Å². The minimum Gasteiger partial charge on any atom is -0.496 e. The number of morpholine rings is 1. The first-order valence-electron chi connectivity index (χ1n) is 10.6. The molecule has 0 radical (unpaired) electrons. The Morgan fingerprint density at radius 3 is 2.58 bits per heavy atom. The number of nitrogen functional groups attached to an aromatic ring is 1. The number of nitrogens with one attached hydrogen (secondary N) is 1. The van der Waals surface area contributed by atoms with Gasteiger partial charge in [-0.2, -0.15) is 13.2 Å². The molecule has 2 atom stereocenters. The van der Waals surface area contributed by atoms with Crippen LogP contribution >= 0.6 is 11.6 Å². The summed E-state index contributed by atoms with van der Waals surface area (Å²) < 4.78 is 50.3. The molecule has 0 aliphatic carbocycles. The van der Waals surface area contributed by atoms with Crippen LogP contribution in [0.5, 0.6) is 5.75 Å². The molecule has 0 saturated carbocycles. The summed E-state index contributed by atoms with van der Waals surface area (Å²) in [5.41, 5.74) is 6.36. The van der Waals surface area contributed by atoms with Crippen LogP contribution in [0.1, 0.15) is 34.3 Å². The van der Waals surface area contributed by atoms with Gasteiger partial charge in [0.2, 0.25) is 0 Å². The summed E-state index contributed by atoms with van der Waals surface area (Å²) in [5, 5.41) is 3.32. The van der Waals surface area contributed by atoms with Crippen molar-refractivity contribution in [1.29, 1.82) is 0 Å². The molecule has 2 fully saturated rings. The van der Waals surface area contributed by atoms with E-state index in [4.69, 9.17) is 26.8 Å². The summed E-state index contributed by atoms with van der Waals surface area (Å²) in [4.78, 5) is 15.1. The molecule has 33 heavy (non-hydrogen) atoms. The van der Waals surface area contributed by atoms with E-state index in [-0.39, 0.29) is 29.1 Å². The molecule has 4 rings (SSSR count). The standard InChI is InChI=1S/C23H25ClF3N3O3/c1-32-21-9-20(28)19(24)8-18(21)22(31)29-15-6-16-11-33-12-17(7-15)30(16)10-13-3-2-4-14(5-13)23(25,26)27/h2-5,8-9,15-17H,6-7,10-12,28H2,1H3,(H,29,31). The smallest absolute Gasteiger partial charge is 0.416 e. The minimum atomic E-state index is -4.38. The van der Waals surface area contributed by atoms with Gasteiger partial charge in [0, 0.05) is 30.7 Å². The number of anilines is 1. The summed E-state index contributed by atoms with van der Waals surface area (Å²) >= 11 is 6.09. The van der Waals surface area contributed by atoms with Gasteiger partial charge in [0.25, 0.3) is 5.91 Å². The molecule has 6 nitrogen and oxygen atoms in total. The zero-order chi connectivity index (χ0) is 23.8. The first-order chi connectivity index (χ1) is 15.7. The molecule has 2 aromatic carbocycles. The van der Waals surface area contributed by atoms with Crippen molar-refractivity contribution in [1.82, 2.24) is 10.2 Å². The second-order valence-electron chi connectivity index (χ2n) is 8.43. The maximum atomic E-state index is 13.1. The number of carbonyl (C=O) groups excluding carboxylic acids is 1. The molecule has 178 valence electrons. The lowest BCUT2D eigenvalue weighted by Gasteiger charge is -2.48. The van der Waals surface area contributed by atoms with E-state index in [1.807, 2.05) is 0 Å². The third kappa shape index (κ3) is 5.20. The van der Waals surface area contributed by atoms with Gasteiger partial charge in [0.15, 0.2) is 0 Å². The molecule has 2 heterocycles. The number of nitrogens with two attached hydrogens (primary N) is 1. The summed E-state index contributed by atoms with van der Waals surface area (Å²) in [5.74, 6) is 0.0176. The van der Waals surface area contributed by atoms with Gasteiger partial charge in [-0.25, -0.2) is 0 Å². The lowest BCUT2D eigenvalue weighted by Crippen LogP contribution is -2.60. The van der Waals surface area contributed by atoms with Crippen LogP contribution in [-0.4, -0.2) is 49.3 Å². The summed E-state index contributed by atoms with van der Waals surface area (Å²) in [6, 6.07) is 8.25. The third-order valence-corrected chi connectivity index (χ3v) is 6.52. The quantitative estimate of drug-likeness (QED) is 0.626. The fourth-order valence-corrected chi connectivity index (χ4v) is 4.76. The zero-order valence-corrected chi connectivity index (χ0v) is 18.7. The van der Waals surface area contributed by atoms with Crippen LogP contribution in [0.2, 0.25) is 5.02 Å². The molecule has 1 amide bonds. The van der Waals surface area contributed by atoms with Gasteiger partial charge < -0.3 is 20.5 Å². The Labute approximate surface area is 194 Å². The topological polar surface area (TPSA) is 76.8 Å². The van der Waals surface area contributed by atoms with E-state index >= 15 is 0 Å². The lowest BCUT2D eigenvalue weighted by molar-refractivity contribution is -0.137. The second-order valence-corrected chi connectivity index (χ2v) is 8.84. The SMILES string of the molecule is COc1cc(N)c(Cl)cc1C(=O)NC1CC2COCC(C1)N2Cc1cccc(C(F)(F)F)c1. The first-order valence-corrected chi connectivity index (χ1v) is 11.0. The van der Waals surface area contributed by atoms with Crippen molar-refractivity contribution in [2.45, 2.75) is 43.7 Å². The highest BCUT2D eigenvalue weighted by Crippen LogP contribution is 2.33. The Morgan fingerprint density at radius 1 is 1.24 bits per heavy atom. The number of rotatable bonds is 5. The van der Waals surface area contributed by atoms with Crippen LogP contribution < -0.4 is 15.8 Å². The van der Waals surface area contributed by atoms with Crippen LogP contribution in [0.15, 0.2) is 36.4 Å². The molecule has 2 bridgehead atoms. The molecule has 10 heteroatoms. The monoisotopic (exact) mass is 483 g/mol. The number of hydrogen-bond acceptors (Lipinski definition) is 5. The highest BCUT2D eigenvalue weighted by atomic mass is 35.5. The number of amides is 1. The molecule has 2 aromatic rings. The number of fused-ring (bicyclic) bond motifs is 2. The Bertz CT molecular complexity index is 1020. The maximum Gasteiger partial charge on any atom is 0.416 e. The number of hydrogen-bond donors (Lipinski definition) is 2. The normalized spacial score (nSPS) is 23.2. The average molecular weight is 484 g/mol. The molecular formula is C23H25ClF3N3O3. The predicted octanol–water partition coefficient (Wildman–Crippen LogP) is 4.11. The van der Waals surface area contributed by atoms with Gasteiger partial charge in [-0.1, -0.05) is 29.8 Å². The van der Waals surface area contributed by atoms with E-state index in [2.05, 4.69) is 10.2 Å². The van der Waals surface area contributed by atoms with Crippen LogP contribution in [-0.2, 0) is 17.5 Å². The van der Waals surface area contributed by atoms with E-state index in [1.54, 1.807) is 6.07 Å². The van der Waals surface area contributed by atoms with Crippen molar-refractivity contribution in [3.63, 3.8) is 0 Å². The van der Waals surface area contributed by atoms with Gasteiger partial charge in [-0.15, -0.1) is 0 Å². The van der Waals surface area contributed by atoms with Crippen LogP contribution in [0.4, 0.5) is 18.9 Å². The number of ether oxygens (including phenoxy) is 2. The number of benzene rings is 2. The average Bonchev–Trinajstić information content (AvgIpc) is 2.75. The number of piperidine rings is 1. The van der Waals surface area contributed by atoms with Gasteiger partial charge in [0.05, 0.1) is 42.2 Å². The van der Waals surface area contributed by atoms with Crippen molar-refractivity contribution in [2.24, 2.45) is 0 Å². The summed E-state index contributed by atoms with van der Waals surface area (Å²) in [7, 11) is 1.45.